The molecule has 0 heterocycles. The number of carboxylic acid groups (broad SMARTS) is 1. The number of aliphatic carboxylic acids is 1. The van der Waals surface area contributed by atoms with Gasteiger partial charge in [-0.05, 0) is 25.8 Å². The van der Waals surface area contributed by atoms with Gasteiger partial charge in [-0.3, -0.25) is 4.79 Å². The van der Waals surface area contributed by atoms with E-state index in [1.807, 2.05) is 0 Å². The molecule has 0 saturated heterocycles. The molecule has 1 atom stereocenters. The maximum absolute atomic E-state index is 10.6. The monoisotopic (exact) mass is 191 g/mol. The van der Waals surface area contributed by atoms with Crippen LogP contribution in [0.4, 0.5) is 0 Å². The Labute approximate surface area is 77.2 Å². The van der Waals surface area contributed by atoms with Gasteiger partial charge in [0.1, 0.15) is 0 Å². The van der Waals surface area contributed by atoms with Crippen LogP contribution in [-0.4, -0.2) is 17.6 Å². The van der Waals surface area contributed by atoms with E-state index < -0.39 is 5.97 Å². The number of carbonyl (C=O) groups is 1. The molecule has 0 spiro atoms. The zero-order valence-electron chi connectivity index (χ0n) is 6.87. The Kier molecular flexibility index (Phi) is 6.81. The summed E-state index contributed by atoms with van der Waals surface area (Å²) >= 11 is 5.29. The Morgan fingerprint density at radius 1 is 1.67 bits per heavy atom. The van der Waals surface area contributed by atoms with Gasteiger partial charge in [0.2, 0.25) is 0 Å². The summed E-state index contributed by atoms with van der Waals surface area (Å²) < 4.78 is 0. The van der Waals surface area contributed by atoms with Crippen LogP contribution in [0.5, 0.6) is 0 Å². The predicted octanol–water partition coefficient (Wildman–Crippen LogP) is 1.57. The van der Waals surface area contributed by atoms with Crippen LogP contribution in [0.3, 0.4) is 0 Å². The Morgan fingerprint density at radius 3 is 2.75 bits per heavy atom. The largest absolute Gasteiger partial charge is 0.481 e. The normalized spacial score (nSPS) is 13.5. The van der Waals surface area contributed by atoms with E-state index in [1.54, 1.807) is 6.08 Å². The van der Waals surface area contributed by atoms with Gasteiger partial charge >= 0.3 is 5.97 Å². The van der Waals surface area contributed by atoms with Gasteiger partial charge in [-0.2, -0.15) is 0 Å². The number of hydrogen-bond acceptors (Lipinski definition) is 2. The minimum absolute atomic E-state index is 0.344. The molecule has 0 aromatic rings. The summed E-state index contributed by atoms with van der Waals surface area (Å²) in [6, 6.07) is 0. The molecule has 0 rings (SSSR count). The van der Waals surface area contributed by atoms with Gasteiger partial charge in [-0.15, -0.1) is 0 Å². The Balaban J connectivity index is 3.78. The van der Waals surface area contributed by atoms with Crippen molar-refractivity contribution in [3.63, 3.8) is 0 Å². The van der Waals surface area contributed by atoms with Crippen molar-refractivity contribution >= 4 is 17.6 Å². The molecular formula is C8H14ClNO2. The first kappa shape index (κ1) is 11.5. The van der Waals surface area contributed by atoms with E-state index in [1.165, 1.54) is 5.54 Å². The number of allylic oxidation sites excluding steroid dienone is 1. The zero-order chi connectivity index (χ0) is 9.40. The van der Waals surface area contributed by atoms with Crippen molar-refractivity contribution in [3.05, 3.63) is 11.6 Å². The molecule has 0 bridgehead atoms. The molecule has 0 aromatic heterocycles. The lowest BCUT2D eigenvalue weighted by Crippen LogP contribution is -2.14. The fraction of sp³-hybridized carbons (Fsp3) is 0.625. The van der Waals surface area contributed by atoms with E-state index in [9.17, 15) is 4.79 Å². The quantitative estimate of drug-likeness (QED) is 0.670. The Bertz CT molecular complexity index is 159. The third-order valence-electron chi connectivity index (χ3n) is 1.62. The lowest BCUT2D eigenvalue weighted by atomic mass is 10.00. The van der Waals surface area contributed by atoms with Crippen LogP contribution < -0.4 is 5.73 Å². The number of carboxylic acids is 1. The fourth-order valence-electron chi connectivity index (χ4n) is 0.922. The van der Waals surface area contributed by atoms with Crippen molar-refractivity contribution in [1.29, 1.82) is 0 Å². The first-order chi connectivity index (χ1) is 5.72. The zero-order valence-corrected chi connectivity index (χ0v) is 7.63. The van der Waals surface area contributed by atoms with Crippen LogP contribution in [0.15, 0.2) is 11.6 Å². The highest BCUT2D eigenvalue weighted by atomic mass is 35.5. The second-order valence-corrected chi connectivity index (χ2v) is 2.82. The van der Waals surface area contributed by atoms with E-state index in [0.717, 1.165) is 6.42 Å². The van der Waals surface area contributed by atoms with Crippen LogP contribution in [-0.2, 0) is 4.79 Å². The molecule has 0 radical (unpaired) electrons. The lowest BCUT2D eigenvalue weighted by molar-refractivity contribution is -0.141. The molecule has 0 saturated carbocycles. The standard InChI is InChI=1S/C8H14ClNO2/c9-5-1-3-7(8(11)12)4-2-6-10/h1,5,7H,2-4,6,10H2,(H,11,12)/b5-1+. The lowest BCUT2D eigenvalue weighted by Gasteiger charge is -2.07. The van der Waals surface area contributed by atoms with Crippen molar-refractivity contribution in [1.82, 2.24) is 0 Å². The minimum atomic E-state index is -0.779. The molecule has 0 amide bonds. The van der Waals surface area contributed by atoms with Crippen molar-refractivity contribution in [2.24, 2.45) is 11.7 Å². The van der Waals surface area contributed by atoms with Gasteiger partial charge in [-0.1, -0.05) is 17.7 Å². The van der Waals surface area contributed by atoms with Crippen molar-refractivity contribution in [2.75, 3.05) is 6.54 Å². The van der Waals surface area contributed by atoms with Crippen molar-refractivity contribution < 1.29 is 9.90 Å². The highest BCUT2D eigenvalue weighted by Gasteiger charge is 2.14. The van der Waals surface area contributed by atoms with E-state index in [-0.39, 0.29) is 5.92 Å². The first-order valence-corrected chi connectivity index (χ1v) is 4.34. The molecule has 0 aliphatic carbocycles. The number of rotatable bonds is 6. The molecule has 70 valence electrons. The van der Waals surface area contributed by atoms with Crippen LogP contribution >= 0.6 is 11.6 Å². The number of hydrogen-bond donors (Lipinski definition) is 2. The van der Waals surface area contributed by atoms with E-state index >= 15 is 0 Å². The number of nitrogens with two attached hydrogens (primary N) is 1. The molecule has 0 fully saturated rings. The average Bonchev–Trinajstić information content (AvgIpc) is 2.04. The molecular weight excluding hydrogens is 178 g/mol. The van der Waals surface area contributed by atoms with E-state index in [2.05, 4.69) is 0 Å². The number of halogens is 1. The minimum Gasteiger partial charge on any atom is -0.481 e. The van der Waals surface area contributed by atoms with Gasteiger partial charge < -0.3 is 10.8 Å². The summed E-state index contributed by atoms with van der Waals surface area (Å²) in [6.45, 7) is 0.536. The molecule has 3 N–H and O–H groups in total. The molecule has 12 heavy (non-hydrogen) atoms. The van der Waals surface area contributed by atoms with Gasteiger partial charge in [0.25, 0.3) is 0 Å². The fourth-order valence-corrected chi connectivity index (χ4v) is 1.02. The molecule has 0 aliphatic rings. The second kappa shape index (κ2) is 7.13. The Hall–Kier alpha value is -0.540. The Morgan fingerprint density at radius 2 is 2.33 bits per heavy atom. The van der Waals surface area contributed by atoms with Crippen LogP contribution in [0, 0.1) is 5.92 Å². The summed E-state index contributed by atoms with van der Waals surface area (Å²) in [6.07, 6.45) is 3.50. The van der Waals surface area contributed by atoms with Gasteiger partial charge in [0, 0.05) is 5.54 Å². The summed E-state index contributed by atoms with van der Waals surface area (Å²) in [5.41, 5.74) is 6.61. The summed E-state index contributed by atoms with van der Waals surface area (Å²) in [5.74, 6) is -1.12. The first-order valence-electron chi connectivity index (χ1n) is 3.90. The van der Waals surface area contributed by atoms with Crippen LogP contribution in [0.25, 0.3) is 0 Å². The SMILES string of the molecule is NCCCC(C/C=C/Cl)C(=O)O. The van der Waals surface area contributed by atoms with E-state index in [0.29, 0.717) is 19.4 Å². The summed E-state index contributed by atoms with van der Waals surface area (Å²) in [4.78, 5) is 10.6. The third-order valence-corrected chi connectivity index (χ3v) is 1.79. The van der Waals surface area contributed by atoms with Crippen molar-refractivity contribution in [2.45, 2.75) is 19.3 Å². The predicted molar refractivity (Wildman–Crippen MR) is 49.0 cm³/mol. The van der Waals surface area contributed by atoms with Gasteiger partial charge in [0.15, 0.2) is 0 Å². The highest BCUT2D eigenvalue weighted by Crippen LogP contribution is 2.11. The summed E-state index contributed by atoms with van der Waals surface area (Å²) in [7, 11) is 0. The molecule has 3 nitrogen and oxygen atoms in total. The summed E-state index contributed by atoms with van der Waals surface area (Å²) in [5, 5.41) is 8.71. The second-order valence-electron chi connectivity index (χ2n) is 2.56. The molecule has 4 heteroatoms. The topological polar surface area (TPSA) is 63.3 Å². The highest BCUT2D eigenvalue weighted by molar-refractivity contribution is 6.25. The molecule has 1 unspecified atom stereocenters. The van der Waals surface area contributed by atoms with Gasteiger partial charge in [-0.25, -0.2) is 0 Å². The van der Waals surface area contributed by atoms with Crippen molar-refractivity contribution in [3.8, 4) is 0 Å². The maximum Gasteiger partial charge on any atom is 0.306 e. The van der Waals surface area contributed by atoms with Gasteiger partial charge in [0.05, 0.1) is 5.92 Å². The third kappa shape index (κ3) is 5.16. The molecule has 0 aromatic carbocycles. The van der Waals surface area contributed by atoms with Crippen LogP contribution in [0.2, 0.25) is 0 Å². The smallest absolute Gasteiger partial charge is 0.306 e. The molecule has 0 aliphatic heterocycles. The maximum atomic E-state index is 10.6. The van der Waals surface area contributed by atoms with E-state index in [4.69, 9.17) is 22.4 Å². The van der Waals surface area contributed by atoms with Crippen LogP contribution in [0.1, 0.15) is 19.3 Å². The average molecular weight is 192 g/mol.